The van der Waals surface area contributed by atoms with Gasteiger partial charge in [0.15, 0.2) is 0 Å². The number of carboxylic acid groups (broad SMARTS) is 1. The average molecular weight is 247 g/mol. The first-order valence-electron chi connectivity index (χ1n) is 5.61. The van der Waals surface area contributed by atoms with Crippen molar-refractivity contribution in [2.75, 3.05) is 12.3 Å². The Balaban J connectivity index is 2.16. The van der Waals surface area contributed by atoms with Gasteiger partial charge in [-0.2, -0.15) is 4.31 Å². The maximum Gasteiger partial charge on any atom is 0.304 e. The average Bonchev–Trinajstić information content (AvgIpc) is 2.88. The molecule has 0 bridgehead atoms. The van der Waals surface area contributed by atoms with Crippen LogP contribution in [0.1, 0.15) is 26.2 Å². The van der Waals surface area contributed by atoms with Crippen molar-refractivity contribution in [2.45, 2.75) is 32.2 Å². The molecule has 2 fully saturated rings. The number of nitrogens with zero attached hydrogens (tertiary/aromatic N) is 1. The Morgan fingerprint density at radius 3 is 2.50 bits per heavy atom. The Bertz CT molecular complexity index is 388. The van der Waals surface area contributed by atoms with Crippen LogP contribution in [0.5, 0.6) is 0 Å². The number of aliphatic carboxylic acids is 1. The van der Waals surface area contributed by atoms with Crippen LogP contribution in [-0.2, 0) is 14.8 Å². The largest absolute Gasteiger partial charge is 0.481 e. The Kier molecular flexibility index (Phi) is 2.96. The van der Waals surface area contributed by atoms with Gasteiger partial charge in [-0.3, -0.25) is 4.79 Å². The minimum Gasteiger partial charge on any atom is -0.481 e. The van der Waals surface area contributed by atoms with Gasteiger partial charge in [0, 0.05) is 12.6 Å². The lowest BCUT2D eigenvalue weighted by Crippen LogP contribution is -2.39. The molecule has 1 N–H and O–H groups in total. The standard InChI is InChI=1S/C10H17NO4S/c1-7-5-11(16(14,15)6-7)9(4-10(12)13)8-2-3-8/h7-9H,2-6H2,1H3,(H,12,13). The third-order valence-electron chi connectivity index (χ3n) is 3.26. The molecule has 1 heterocycles. The van der Waals surface area contributed by atoms with E-state index in [1.807, 2.05) is 6.92 Å². The van der Waals surface area contributed by atoms with Crippen LogP contribution in [0.25, 0.3) is 0 Å². The van der Waals surface area contributed by atoms with Crippen LogP contribution >= 0.6 is 0 Å². The van der Waals surface area contributed by atoms with E-state index in [-0.39, 0.29) is 30.1 Å². The van der Waals surface area contributed by atoms with Crippen molar-refractivity contribution >= 4 is 16.0 Å². The molecule has 0 spiro atoms. The summed E-state index contributed by atoms with van der Waals surface area (Å²) in [7, 11) is -3.22. The lowest BCUT2D eigenvalue weighted by atomic mass is 10.1. The predicted molar refractivity (Wildman–Crippen MR) is 58.4 cm³/mol. The summed E-state index contributed by atoms with van der Waals surface area (Å²) in [5.74, 6) is -0.376. The van der Waals surface area contributed by atoms with Gasteiger partial charge in [0.25, 0.3) is 0 Å². The van der Waals surface area contributed by atoms with Crippen molar-refractivity contribution in [2.24, 2.45) is 11.8 Å². The van der Waals surface area contributed by atoms with Gasteiger partial charge >= 0.3 is 5.97 Å². The molecule has 1 saturated carbocycles. The number of hydrogen-bond acceptors (Lipinski definition) is 3. The Hall–Kier alpha value is -0.620. The second-order valence-electron chi connectivity index (χ2n) is 4.96. The number of carboxylic acids is 1. The van der Waals surface area contributed by atoms with Gasteiger partial charge in [0.2, 0.25) is 10.0 Å². The number of carbonyl (C=O) groups is 1. The molecule has 2 unspecified atom stereocenters. The second kappa shape index (κ2) is 4.00. The fourth-order valence-electron chi connectivity index (χ4n) is 2.43. The van der Waals surface area contributed by atoms with Crippen LogP contribution < -0.4 is 0 Å². The molecular formula is C10H17NO4S. The minimum atomic E-state index is -3.22. The van der Waals surface area contributed by atoms with E-state index in [1.165, 1.54) is 4.31 Å². The molecule has 2 aliphatic rings. The zero-order valence-corrected chi connectivity index (χ0v) is 10.1. The van der Waals surface area contributed by atoms with Crippen molar-refractivity contribution in [3.63, 3.8) is 0 Å². The highest BCUT2D eigenvalue weighted by molar-refractivity contribution is 7.89. The van der Waals surface area contributed by atoms with Crippen molar-refractivity contribution < 1.29 is 18.3 Å². The van der Waals surface area contributed by atoms with E-state index in [0.29, 0.717) is 6.54 Å². The predicted octanol–water partition coefficient (Wildman–Crippen LogP) is 0.521. The third-order valence-corrected chi connectivity index (χ3v) is 5.39. The van der Waals surface area contributed by atoms with Crippen LogP contribution in [0.15, 0.2) is 0 Å². The van der Waals surface area contributed by atoms with E-state index in [2.05, 4.69) is 0 Å². The van der Waals surface area contributed by atoms with E-state index < -0.39 is 16.0 Å². The lowest BCUT2D eigenvalue weighted by Gasteiger charge is -2.25. The molecule has 6 heteroatoms. The second-order valence-corrected chi connectivity index (χ2v) is 6.92. The molecule has 2 atom stereocenters. The molecule has 0 aromatic carbocycles. The summed E-state index contributed by atoms with van der Waals surface area (Å²) in [6, 6.07) is -0.313. The Labute approximate surface area is 95.5 Å². The summed E-state index contributed by atoms with van der Waals surface area (Å²) in [6.07, 6.45) is 1.85. The maximum atomic E-state index is 11.9. The highest BCUT2D eigenvalue weighted by Crippen LogP contribution is 2.39. The summed E-state index contributed by atoms with van der Waals surface area (Å²) in [6.45, 7) is 2.37. The SMILES string of the molecule is CC1CN(C(CC(=O)O)C2CC2)S(=O)(=O)C1. The van der Waals surface area contributed by atoms with E-state index in [9.17, 15) is 13.2 Å². The lowest BCUT2D eigenvalue weighted by molar-refractivity contribution is -0.138. The van der Waals surface area contributed by atoms with E-state index >= 15 is 0 Å². The Morgan fingerprint density at radius 1 is 1.50 bits per heavy atom. The van der Waals surface area contributed by atoms with Crippen molar-refractivity contribution in [3.05, 3.63) is 0 Å². The summed E-state index contributed by atoms with van der Waals surface area (Å²) in [4.78, 5) is 10.8. The molecule has 1 saturated heterocycles. The van der Waals surface area contributed by atoms with Crippen molar-refractivity contribution in [1.82, 2.24) is 4.31 Å². The monoisotopic (exact) mass is 247 g/mol. The first-order chi connectivity index (χ1) is 7.40. The molecule has 2 rings (SSSR count). The molecule has 1 aliphatic heterocycles. The number of sulfonamides is 1. The van der Waals surface area contributed by atoms with Crippen LogP contribution in [0.3, 0.4) is 0 Å². The molecule has 1 aliphatic carbocycles. The highest BCUT2D eigenvalue weighted by Gasteiger charge is 2.45. The van der Waals surface area contributed by atoms with Crippen LogP contribution in [-0.4, -0.2) is 42.1 Å². The van der Waals surface area contributed by atoms with E-state index in [0.717, 1.165) is 12.8 Å². The van der Waals surface area contributed by atoms with Crippen LogP contribution in [0.2, 0.25) is 0 Å². The van der Waals surface area contributed by atoms with Gasteiger partial charge < -0.3 is 5.11 Å². The molecule has 16 heavy (non-hydrogen) atoms. The molecule has 92 valence electrons. The summed E-state index contributed by atoms with van der Waals surface area (Å²) < 4.78 is 25.2. The summed E-state index contributed by atoms with van der Waals surface area (Å²) >= 11 is 0. The zero-order valence-electron chi connectivity index (χ0n) is 9.30. The molecular weight excluding hydrogens is 230 g/mol. The quantitative estimate of drug-likeness (QED) is 0.786. The normalized spacial score (nSPS) is 31.4. The van der Waals surface area contributed by atoms with Gasteiger partial charge in [-0.15, -0.1) is 0 Å². The van der Waals surface area contributed by atoms with Gasteiger partial charge in [0.05, 0.1) is 12.2 Å². The molecule has 0 aromatic heterocycles. The molecule has 0 aromatic rings. The van der Waals surface area contributed by atoms with Gasteiger partial charge in [-0.25, -0.2) is 8.42 Å². The summed E-state index contributed by atoms with van der Waals surface area (Å²) in [5, 5.41) is 8.84. The van der Waals surface area contributed by atoms with E-state index in [1.54, 1.807) is 0 Å². The highest BCUT2D eigenvalue weighted by atomic mass is 32.2. The third kappa shape index (κ3) is 2.38. The van der Waals surface area contributed by atoms with Crippen LogP contribution in [0.4, 0.5) is 0 Å². The zero-order chi connectivity index (χ0) is 11.9. The van der Waals surface area contributed by atoms with Crippen molar-refractivity contribution in [1.29, 1.82) is 0 Å². The fourth-order valence-corrected chi connectivity index (χ4v) is 4.59. The van der Waals surface area contributed by atoms with Gasteiger partial charge in [-0.1, -0.05) is 6.92 Å². The fraction of sp³-hybridized carbons (Fsp3) is 0.900. The van der Waals surface area contributed by atoms with Gasteiger partial charge in [0.1, 0.15) is 0 Å². The molecule has 0 radical (unpaired) electrons. The number of rotatable bonds is 4. The minimum absolute atomic E-state index is 0.0589. The smallest absolute Gasteiger partial charge is 0.304 e. The van der Waals surface area contributed by atoms with Crippen LogP contribution in [0, 0.1) is 11.8 Å². The molecule has 5 nitrogen and oxygen atoms in total. The number of hydrogen-bond donors (Lipinski definition) is 1. The maximum absolute atomic E-state index is 11.9. The van der Waals surface area contributed by atoms with E-state index in [4.69, 9.17) is 5.11 Å². The topological polar surface area (TPSA) is 74.7 Å². The summed E-state index contributed by atoms with van der Waals surface area (Å²) in [5.41, 5.74) is 0. The van der Waals surface area contributed by atoms with Crippen molar-refractivity contribution in [3.8, 4) is 0 Å². The first-order valence-corrected chi connectivity index (χ1v) is 7.22. The van der Waals surface area contributed by atoms with Gasteiger partial charge in [-0.05, 0) is 24.7 Å². The molecule has 0 amide bonds. The Morgan fingerprint density at radius 2 is 2.12 bits per heavy atom. The first kappa shape index (κ1) is 11.9.